The van der Waals surface area contributed by atoms with Gasteiger partial charge in [-0.3, -0.25) is 0 Å². The normalized spacial score (nSPS) is 13.2. The van der Waals surface area contributed by atoms with Gasteiger partial charge in [-0.05, 0) is 48.9 Å². The highest BCUT2D eigenvalue weighted by Gasteiger charge is 2.11. The fraction of sp³-hybridized carbons (Fsp3) is 0.667. The first-order chi connectivity index (χ1) is 9.47. The van der Waals surface area contributed by atoms with Gasteiger partial charge in [-0.25, -0.2) is 0 Å². The van der Waals surface area contributed by atoms with Gasteiger partial charge < -0.3 is 5.32 Å². The molecule has 0 bridgehead atoms. The van der Waals surface area contributed by atoms with E-state index in [-0.39, 0.29) is 0 Å². The molecule has 1 aromatic rings. The molecule has 0 amide bonds. The Morgan fingerprint density at radius 1 is 1.00 bits per heavy atom. The molecule has 1 unspecified atom stereocenters. The minimum absolute atomic E-state index is 0.563. The first-order valence-corrected chi connectivity index (χ1v) is 8.33. The van der Waals surface area contributed by atoms with Crippen LogP contribution in [0.5, 0.6) is 0 Å². The van der Waals surface area contributed by atoms with Gasteiger partial charge in [-0.1, -0.05) is 64.3 Å². The molecule has 0 aromatic heterocycles. The molecule has 0 fully saturated rings. The van der Waals surface area contributed by atoms with Gasteiger partial charge in [0, 0.05) is 11.1 Å². The number of halogens is 1. The summed E-state index contributed by atoms with van der Waals surface area (Å²) in [5.41, 5.74) is 1.40. The Hall–Kier alpha value is -0.530. The van der Waals surface area contributed by atoms with E-state index in [2.05, 4.69) is 45.1 Å². The molecule has 2 heteroatoms. The van der Waals surface area contributed by atoms with E-state index in [0.717, 1.165) is 29.8 Å². The topological polar surface area (TPSA) is 12.0 Å². The molecule has 1 atom stereocenters. The van der Waals surface area contributed by atoms with E-state index in [0.29, 0.717) is 6.04 Å². The third-order valence-electron chi connectivity index (χ3n) is 3.65. The van der Waals surface area contributed by atoms with Crippen LogP contribution in [0, 0.1) is 11.8 Å². The highest BCUT2D eigenvalue weighted by atomic mass is 35.5. The second-order valence-electron chi connectivity index (χ2n) is 6.58. The average Bonchev–Trinajstić information content (AvgIpc) is 2.37. The maximum Gasteiger partial charge on any atom is 0.0406 e. The Morgan fingerprint density at radius 2 is 1.65 bits per heavy atom. The second kappa shape index (κ2) is 9.41. The molecular formula is C18H30ClN. The number of hydrogen-bond donors (Lipinski definition) is 1. The zero-order valence-electron chi connectivity index (χ0n) is 13.5. The van der Waals surface area contributed by atoms with Crippen LogP contribution in [0.3, 0.4) is 0 Å². The quantitative estimate of drug-likeness (QED) is 0.650. The van der Waals surface area contributed by atoms with Crippen LogP contribution < -0.4 is 5.32 Å². The van der Waals surface area contributed by atoms with Crippen molar-refractivity contribution in [1.82, 2.24) is 5.32 Å². The van der Waals surface area contributed by atoms with Gasteiger partial charge in [0.15, 0.2) is 0 Å². The lowest BCUT2D eigenvalue weighted by Gasteiger charge is -2.20. The lowest BCUT2D eigenvalue weighted by Crippen LogP contribution is -2.30. The van der Waals surface area contributed by atoms with Gasteiger partial charge in [0.05, 0.1) is 0 Å². The Balaban J connectivity index is 2.49. The van der Waals surface area contributed by atoms with E-state index in [1.807, 2.05) is 12.1 Å². The van der Waals surface area contributed by atoms with Gasteiger partial charge in [-0.15, -0.1) is 0 Å². The third-order valence-corrected chi connectivity index (χ3v) is 3.90. The summed E-state index contributed by atoms with van der Waals surface area (Å²) >= 11 is 5.96. The van der Waals surface area contributed by atoms with Crippen LogP contribution in [0.1, 0.15) is 52.5 Å². The fourth-order valence-corrected chi connectivity index (χ4v) is 2.57. The Kier molecular flexibility index (Phi) is 8.25. The highest BCUT2D eigenvalue weighted by molar-refractivity contribution is 6.30. The first-order valence-electron chi connectivity index (χ1n) is 7.95. The zero-order valence-corrected chi connectivity index (χ0v) is 14.2. The Labute approximate surface area is 130 Å². The SMILES string of the molecule is CC(C)CCCC(CNC(C)C)Cc1ccc(Cl)cc1. The predicted octanol–water partition coefficient (Wildman–Crippen LogP) is 5.32. The summed E-state index contributed by atoms with van der Waals surface area (Å²) in [5, 5.41) is 4.41. The minimum atomic E-state index is 0.563. The van der Waals surface area contributed by atoms with Gasteiger partial charge >= 0.3 is 0 Å². The standard InChI is InChI=1S/C18H30ClN/c1-14(2)6-5-7-17(13-20-15(3)4)12-16-8-10-18(19)11-9-16/h8-11,14-15,17,20H,5-7,12-13H2,1-4H3. The first kappa shape index (κ1) is 17.5. The summed E-state index contributed by atoms with van der Waals surface area (Å²) in [5.74, 6) is 1.53. The summed E-state index contributed by atoms with van der Waals surface area (Å²) < 4.78 is 0. The molecule has 1 aromatic carbocycles. The van der Waals surface area contributed by atoms with Crippen LogP contribution in [-0.2, 0) is 6.42 Å². The third kappa shape index (κ3) is 7.91. The van der Waals surface area contributed by atoms with Crippen LogP contribution in [0.4, 0.5) is 0 Å². The molecule has 0 saturated carbocycles. The lowest BCUT2D eigenvalue weighted by molar-refractivity contribution is 0.393. The molecule has 0 aliphatic heterocycles. The molecule has 0 saturated heterocycles. The van der Waals surface area contributed by atoms with Crippen LogP contribution in [0.2, 0.25) is 5.02 Å². The lowest BCUT2D eigenvalue weighted by atomic mass is 9.92. The summed E-state index contributed by atoms with van der Waals surface area (Å²) in [6.45, 7) is 10.2. The number of nitrogens with one attached hydrogen (secondary N) is 1. The highest BCUT2D eigenvalue weighted by Crippen LogP contribution is 2.18. The van der Waals surface area contributed by atoms with Gasteiger partial charge in [0.1, 0.15) is 0 Å². The Morgan fingerprint density at radius 3 is 2.20 bits per heavy atom. The van der Waals surface area contributed by atoms with Crippen LogP contribution in [0.25, 0.3) is 0 Å². The molecule has 0 heterocycles. The molecule has 0 aliphatic carbocycles. The molecule has 1 nitrogen and oxygen atoms in total. The van der Waals surface area contributed by atoms with Crippen molar-refractivity contribution in [3.8, 4) is 0 Å². The Bertz CT molecular complexity index is 356. The zero-order chi connectivity index (χ0) is 15.0. The number of benzene rings is 1. The van der Waals surface area contributed by atoms with Crippen molar-refractivity contribution in [2.75, 3.05) is 6.54 Å². The maximum absolute atomic E-state index is 5.96. The van der Waals surface area contributed by atoms with E-state index in [9.17, 15) is 0 Å². The fourth-order valence-electron chi connectivity index (χ4n) is 2.45. The van der Waals surface area contributed by atoms with Crippen molar-refractivity contribution in [3.05, 3.63) is 34.9 Å². The molecule has 1 rings (SSSR count). The molecule has 0 spiro atoms. The van der Waals surface area contributed by atoms with Gasteiger partial charge in [-0.2, -0.15) is 0 Å². The summed E-state index contributed by atoms with van der Waals surface area (Å²) in [7, 11) is 0. The summed E-state index contributed by atoms with van der Waals surface area (Å²) in [4.78, 5) is 0. The molecule has 0 aliphatic rings. The maximum atomic E-state index is 5.96. The van der Waals surface area contributed by atoms with Crippen molar-refractivity contribution >= 4 is 11.6 Å². The minimum Gasteiger partial charge on any atom is -0.314 e. The van der Waals surface area contributed by atoms with Gasteiger partial charge in [0.2, 0.25) is 0 Å². The summed E-state index contributed by atoms with van der Waals surface area (Å²) in [6.07, 6.45) is 5.12. The van der Waals surface area contributed by atoms with Crippen molar-refractivity contribution in [2.24, 2.45) is 11.8 Å². The van der Waals surface area contributed by atoms with E-state index in [4.69, 9.17) is 11.6 Å². The van der Waals surface area contributed by atoms with Crippen molar-refractivity contribution < 1.29 is 0 Å². The van der Waals surface area contributed by atoms with Gasteiger partial charge in [0.25, 0.3) is 0 Å². The second-order valence-corrected chi connectivity index (χ2v) is 7.02. The van der Waals surface area contributed by atoms with Crippen molar-refractivity contribution in [3.63, 3.8) is 0 Å². The average molecular weight is 296 g/mol. The number of hydrogen-bond acceptors (Lipinski definition) is 1. The largest absolute Gasteiger partial charge is 0.314 e. The van der Waals surface area contributed by atoms with Crippen LogP contribution >= 0.6 is 11.6 Å². The monoisotopic (exact) mass is 295 g/mol. The van der Waals surface area contributed by atoms with Crippen molar-refractivity contribution in [1.29, 1.82) is 0 Å². The smallest absolute Gasteiger partial charge is 0.0406 e. The van der Waals surface area contributed by atoms with Crippen molar-refractivity contribution in [2.45, 2.75) is 59.4 Å². The molecule has 1 N–H and O–H groups in total. The van der Waals surface area contributed by atoms with Crippen LogP contribution in [-0.4, -0.2) is 12.6 Å². The molecule has 114 valence electrons. The molecule has 0 radical (unpaired) electrons. The molecular weight excluding hydrogens is 266 g/mol. The summed E-state index contributed by atoms with van der Waals surface area (Å²) in [6, 6.07) is 8.88. The van der Waals surface area contributed by atoms with Crippen LogP contribution in [0.15, 0.2) is 24.3 Å². The van der Waals surface area contributed by atoms with E-state index in [1.54, 1.807) is 0 Å². The van der Waals surface area contributed by atoms with E-state index < -0.39 is 0 Å². The van der Waals surface area contributed by atoms with E-state index in [1.165, 1.54) is 24.8 Å². The van der Waals surface area contributed by atoms with E-state index >= 15 is 0 Å². The molecule has 20 heavy (non-hydrogen) atoms. The predicted molar refractivity (Wildman–Crippen MR) is 90.5 cm³/mol. The number of rotatable bonds is 9.